The van der Waals surface area contributed by atoms with E-state index >= 15 is 0 Å². The van der Waals surface area contributed by atoms with Gasteiger partial charge >= 0.3 is 5.97 Å². The molecule has 3 N–H and O–H groups in total. The van der Waals surface area contributed by atoms with Crippen LogP contribution in [0.15, 0.2) is 0 Å². The lowest BCUT2D eigenvalue weighted by molar-refractivity contribution is -0.142. The third-order valence-electron chi connectivity index (χ3n) is 1.30. The lowest BCUT2D eigenvalue weighted by Crippen LogP contribution is -2.34. The van der Waals surface area contributed by atoms with Gasteiger partial charge in [0.05, 0.1) is 7.11 Å². The molecule has 0 aliphatic heterocycles. The van der Waals surface area contributed by atoms with Gasteiger partial charge in [-0.2, -0.15) is 5.21 Å². The Morgan fingerprint density at radius 1 is 1.83 bits per heavy atom. The number of hydrogen-bond acceptors (Lipinski definition) is 6. The number of hydrogen-bond donors (Lipinski definition) is 2. The molecule has 0 bridgehead atoms. The van der Waals surface area contributed by atoms with Crippen LogP contribution >= 0.6 is 0 Å². The van der Waals surface area contributed by atoms with E-state index < -0.39 is 12.0 Å². The summed E-state index contributed by atoms with van der Waals surface area (Å²) in [6.45, 7) is 0. The molecule has 0 amide bonds. The topological polar surface area (TPSA) is 107 Å². The second kappa shape index (κ2) is 3.77. The van der Waals surface area contributed by atoms with Crippen LogP contribution in [0.3, 0.4) is 0 Å². The van der Waals surface area contributed by atoms with Crippen LogP contribution in [0, 0.1) is 0 Å². The van der Waals surface area contributed by atoms with E-state index in [1.54, 1.807) is 0 Å². The Bertz CT molecular complexity index is 246. The van der Waals surface area contributed by atoms with Crippen LogP contribution in [0.4, 0.5) is 0 Å². The van der Waals surface area contributed by atoms with Crippen LogP contribution in [0.25, 0.3) is 0 Å². The van der Waals surface area contributed by atoms with Crippen LogP contribution in [0.5, 0.6) is 0 Å². The zero-order valence-electron chi connectivity index (χ0n) is 6.52. The molecule has 0 aliphatic carbocycles. The number of tetrazole rings is 1. The molecule has 1 unspecified atom stereocenters. The number of carbonyl (C=O) groups is 1. The van der Waals surface area contributed by atoms with Gasteiger partial charge in [0.25, 0.3) is 0 Å². The monoisotopic (exact) mass is 171 g/mol. The minimum atomic E-state index is -0.729. The van der Waals surface area contributed by atoms with Crippen LogP contribution in [0.2, 0.25) is 0 Å². The fraction of sp³-hybridized carbons (Fsp3) is 0.600. The fourth-order valence-electron chi connectivity index (χ4n) is 0.700. The van der Waals surface area contributed by atoms with Gasteiger partial charge in [-0.15, -0.1) is 10.2 Å². The largest absolute Gasteiger partial charge is 0.468 e. The van der Waals surface area contributed by atoms with E-state index in [0.717, 1.165) is 0 Å². The lowest BCUT2D eigenvalue weighted by atomic mass is 10.2. The number of methoxy groups -OCH3 is 1. The van der Waals surface area contributed by atoms with Gasteiger partial charge in [0, 0.05) is 6.42 Å². The maximum atomic E-state index is 10.8. The molecule has 0 saturated carbocycles. The Balaban J connectivity index is 2.47. The average molecular weight is 171 g/mol. The van der Waals surface area contributed by atoms with Gasteiger partial charge in [-0.3, -0.25) is 4.79 Å². The number of aromatic amines is 1. The number of ether oxygens (including phenoxy) is 1. The molecule has 0 aromatic carbocycles. The summed E-state index contributed by atoms with van der Waals surface area (Å²) in [4.78, 5) is 10.8. The first kappa shape index (κ1) is 8.60. The highest BCUT2D eigenvalue weighted by Crippen LogP contribution is 1.92. The minimum absolute atomic E-state index is 0.225. The average Bonchev–Trinajstić information content (AvgIpc) is 2.55. The lowest BCUT2D eigenvalue weighted by Gasteiger charge is -2.04. The van der Waals surface area contributed by atoms with Gasteiger partial charge in [-0.25, -0.2) is 0 Å². The summed E-state index contributed by atoms with van der Waals surface area (Å²) in [5.41, 5.74) is 5.42. The van der Waals surface area contributed by atoms with Crippen molar-refractivity contribution in [1.29, 1.82) is 0 Å². The molecule has 1 heterocycles. The molecular formula is C5H9N5O2. The molecule has 1 aromatic heterocycles. The van der Waals surface area contributed by atoms with Crippen molar-refractivity contribution in [3.63, 3.8) is 0 Å². The highest BCUT2D eigenvalue weighted by Gasteiger charge is 2.16. The highest BCUT2D eigenvalue weighted by molar-refractivity contribution is 5.75. The molecule has 0 spiro atoms. The molecule has 7 heteroatoms. The number of nitrogens with one attached hydrogen (secondary N) is 1. The van der Waals surface area contributed by atoms with E-state index in [1.807, 2.05) is 0 Å². The van der Waals surface area contributed by atoms with Crippen molar-refractivity contribution < 1.29 is 9.53 Å². The van der Waals surface area contributed by atoms with Gasteiger partial charge in [0.15, 0.2) is 5.82 Å². The number of esters is 1. The quantitative estimate of drug-likeness (QED) is 0.522. The summed E-state index contributed by atoms with van der Waals surface area (Å²) in [7, 11) is 1.28. The number of H-pyrrole nitrogens is 1. The number of nitrogens with zero attached hydrogens (tertiary/aromatic N) is 3. The van der Waals surface area contributed by atoms with Crippen LogP contribution < -0.4 is 5.73 Å². The number of aromatic nitrogens is 4. The predicted octanol–water partition coefficient (Wildman–Crippen LogP) is -1.76. The molecule has 1 rings (SSSR count). The van der Waals surface area contributed by atoms with Gasteiger partial charge in [0.1, 0.15) is 6.04 Å². The van der Waals surface area contributed by atoms with E-state index in [2.05, 4.69) is 25.4 Å². The van der Waals surface area contributed by atoms with Gasteiger partial charge < -0.3 is 10.5 Å². The first-order chi connectivity index (χ1) is 5.74. The van der Waals surface area contributed by atoms with E-state index in [0.29, 0.717) is 5.82 Å². The normalized spacial score (nSPS) is 12.5. The van der Waals surface area contributed by atoms with Crippen molar-refractivity contribution in [2.24, 2.45) is 5.73 Å². The van der Waals surface area contributed by atoms with E-state index in [4.69, 9.17) is 5.73 Å². The number of carbonyl (C=O) groups excluding carboxylic acids is 1. The summed E-state index contributed by atoms with van der Waals surface area (Å²) >= 11 is 0. The molecule has 7 nitrogen and oxygen atoms in total. The third kappa shape index (κ3) is 1.99. The van der Waals surface area contributed by atoms with Crippen molar-refractivity contribution in [3.05, 3.63) is 5.82 Å². The molecule has 0 aliphatic rings. The Hall–Kier alpha value is -1.50. The summed E-state index contributed by atoms with van der Waals surface area (Å²) < 4.78 is 4.41. The third-order valence-corrected chi connectivity index (χ3v) is 1.30. The second-order valence-electron chi connectivity index (χ2n) is 2.16. The van der Waals surface area contributed by atoms with Gasteiger partial charge in [-0.05, 0) is 0 Å². The summed E-state index contributed by atoms with van der Waals surface area (Å²) in [6.07, 6.45) is 0.225. The zero-order chi connectivity index (χ0) is 8.97. The number of nitrogens with two attached hydrogens (primary N) is 1. The Morgan fingerprint density at radius 3 is 3.08 bits per heavy atom. The molecular weight excluding hydrogens is 162 g/mol. The minimum Gasteiger partial charge on any atom is -0.468 e. The van der Waals surface area contributed by atoms with Crippen LogP contribution in [-0.4, -0.2) is 39.7 Å². The first-order valence-corrected chi connectivity index (χ1v) is 3.29. The zero-order valence-corrected chi connectivity index (χ0v) is 6.52. The Kier molecular flexibility index (Phi) is 2.70. The van der Waals surface area contributed by atoms with Crippen molar-refractivity contribution in [3.8, 4) is 0 Å². The van der Waals surface area contributed by atoms with Crippen molar-refractivity contribution in [2.75, 3.05) is 7.11 Å². The molecule has 66 valence electrons. The molecule has 0 saturated heterocycles. The highest BCUT2D eigenvalue weighted by atomic mass is 16.5. The van der Waals surface area contributed by atoms with E-state index in [9.17, 15) is 4.79 Å². The van der Waals surface area contributed by atoms with Crippen molar-refractivity contribution >= 4 is 5.97 Å². The molecule has 1 aromatic rings. The van der Waals surface area contributed by atoms with Gasteiger partial charge in [0.2, 0.25) is 0 Å². The van der Waals surface area contributed by atoms with Gasteiger partial charge in [-0.1, -0.05) is 5.21 Å². The van der Waals surface area contributed by atoms with E-state index in [-0.39, 0.29) is 6.42 Å². The maximum Gasteiger partial charge on any atom is 0.323 e. The first-order valence-electron chi connectivity index (χ1n) is 3.29. The Labute approximate surface area is 68.3 Å². The van der Waals surface area contributed by atoms with E-state index in [1.165, 1.54) is 7.11 Å². The summed E-state index contributed by atoms with van der Waals surface area (Å²) in [6, 6.07) is -0.729. The maximum absolute atomic E-state index is 10.8. The van der Waals surface area contributed by atoms with Crippen LogP contribution in [0.1, 0.15) is 5.82 Å². The van der Waals surface area contributed by atoms with Crippen molar-refractivity contribution in [2.45, 2.75) is 12.5 Å². The van der Waals surface area contributed by atoms with Crippen molar-refractivity contribution in [1.82, 2.24) is 20.6 Å². The SMILES string of the molecule is COC(=O)C(N)Cc1nn[nH]n1. The summed E-state index contributed by atoms with van der Waals surface area (Å²) in [5.74, 6) is -0.0901. The predicted molar refractivity (Wildman–Crippen MR) is 37.9 cm³/mol. The molecule has 0 fully saturated rings. The standard InChI is InChI=1S/C5H9N5O2/c1-12-5(11)3(6)2-4-7-9-10-8-4/h3H,2,6H2,1H3,(H,7,8,9,10). The molecule has 12 heavy (non-hydrogen) atoms. The fourth-order valence-corrected chi connectivity index (χ4v) is 0.700. The molecule has 1 atom stereocenters. The number of rotatable bonds is 3. The Morgan fingerprint density at radius 2 is 2.58 bits per heavy atom. The second-order valence-corrected chi connectivity index (χ2v) is 2.16. The van der Waals surface area contributed by atoms with Crippen LogP contribution in [-0.2, 0) is 16.0 Å². The smallest absolute Gasteiger partial charge is 0.323 e. The summed E-state index contributed by atoms with van der Waals surface area (Å²) in [5, 5.41) is 12.8. The molecule has 0 radical (unpaired) electrons.